The van der Waals surface area contributed by atoms with Crippen LogP contribution in [-0.4, -0.2) is 15.9 Å². The molecule has 0 aliphatic rings. The molecule has 0 aliphatic heterocycles. The van der Waals surface area contributed by atoms with Gasteiger partial charge in [0.25, 0.3) is 5.91 Å². The van der Waals surface area contributed by atoms with Crippen LogP contribution in [0.15, 0.2) is 36.7 Å². The van der Waals surface area contributed by atoms with Gasteiger partial charge in [0.2, 0.25) is 5.88 Å². The average Bonchev–Trinajstić information content (AvgIpc) is 2.33. The Balaban J connectivity index is 2.32. The molecular weight excluding hydrogens is 220 g/mol. The first-order chi connectivity index (χ1) is 8.16. The number of amides is 1. The second-order valence-corrected chi connectivity index (χ2v) is 3.25. The van der Waals surface area contributed by atoms with Crippen molar-refractivity contribution in [2.24, 2.45) is 5.73 Å². The first-order valence-corrected chi connectivity index (χ1v) is 4.81. The number of aromatic nitrogens is 2. The van der Waals surface area contributed by atoms with Crippen LogP contribution in [0.25, 0.3) is 0 Å². The number of carbonyl (C=O) groups excluding carboxylic acids is 1. The molecule has 0 fully saturated rings. The van der Waals surface area contributed by atoms with E-state index in [1.807, 2.05) is 0 Å². The summed E-state index contributed by atoms with van der Waals surface area (Å²) in [6.45, 7) is 0. The summed E-state index contributed by atoms with van der Waals surface area (Å²) in [6, 6.07) is 6.36. The van der Waals surface area contributed by atoms with Crippen LogP contribution >= 0.6 is 0 Å². The van der Waals surface area contributed by atoms with Gasteiger partial charge in [0.1, 0.15) is 11.4 Å². The number of hydrogen-bond acceptors (Lipinski definition) is 5. The van der Waals surface area contributed by atoms with Gasteiger partial charge >= 0.3 is 0 Å². The van der Waals surface area contributed by atoms with Crippen molar-refractivity contribution < 1.29 is 9.53 Å². The lowest BCUT2D eigenvalue weighted by Gasteiger charge is -2.07. The quantitative estimate of drug-likeness (QED) is 0.816. The van der Waals surface area contributed by atoms with E-state index >= 15 is 0 Å². The van der Waals surface area contributed by atoms with Crippen LogP contribution < -0.4 is 16.2 Å². The van der Waals surface area contributed by atoms with Crippen molar-refractivity contribution >= 4 is 11.6 Å². The van der Waals surface area contributed by atoms with Crippen LogP contribution in [0, 0.1) is 0 Å². The Labute approximate surface area is 97.2 Å². The third-order valence-corrected chi connectivity index (χ3v) is 1.99. The number of hydrogen-bond donors (Lipinski definition) is 2. The number of nitrogen functional groups attached to an aromatic ring is 1. The second-order valence-electron chi connectivity index (χ2n) is 3.25. The van der Waals surface area contributed by atoms with Crippen LogP contribution in [0.4, 0.5) is 5.69 Å². The maximum atomic E-state index is 11.0. The number of rotatable bonds is 3. The maximum absolute atomic E-state index is 11.0. The number of carbonyl (C=O) groups is 1. The topological polar surface area (TPSA) is 104 Å². The van der Waals surface area contributed by atoms with Gasteiger partial charge in [-0.05, 0) is 24.3 Å². The first kappa shape index (κ1) is 10.9. The summed E-state index contributed by atoms with van der Waals surface area (Å²) in [5.74, 6) is -0.0244. The standard InChI is InChI=1S/C11H10N4O2/c12-8-3-4-9(10(13)16)15-11(8)17-7-2-1-5-14-6-7/h1-6H,12H2,(H2,13,16). The molecule has 0 aliphatic carbocycles. The molecule has 2 heterocycles. The minimum Gasteiger partial charge on any atom is -0.435 e. The van der Waals surface area contributed by atoms with Crippen molar-refractivity contribution in [3.8, 4) is 11.6 Å². The highest BCUT2D eigenvalue weighted by atomic mass is 16.5. The molecule has 4 N–H and O–H groups in total. The Bertz CT molecular complexity index is 542. The van der Waals surface area contributed by atoms with E-state index in [1.165, 1.54) is 18.3 Å². The third kappa shape index (κ3) is 2.49. The number of nitrogens with zero attached hydrogens (tertiary/aromatic N) is 2. The van der Waals surface area contributed by atoms with Gasteiger partial charge in [0.15, 0.2) is 0 Å². The van der Waals surface area contributed by atoms with Crippen molar-refractivity contribution in [2.75, 3.05) is 5.73 Å². The summed E-state index contributed by atoms with van der Waals surface area (Å²) in [6.07, 6.45) is 3.13. The Kier molecular flexibility index (Phi) is 2.87. The fourth-order valence-corrected chi connectivity index (χ4v) is 1.19. The Hall–Kier alpha value is -2.63. The van der Waals surface area contributed by atoms with E-state index < -0.39 is 5.91 Å². The number of nitrogens with two attached hydrogens (primary N) is 2. The number of anilines is 1. The zero-order valence-corrected chi connectivity index (χ0v) is 8.83. The van der Waals surface area contributed by atoms with E-state index in [4.69, 9.17) is 16.2 Å². The number of pyridine rings is 2. The minimum absolute atomic E-state index is 0.0955. The lowest BCUT2D eigenvalue weighted by atomic mass is 10.3. The lowest BCUT2D eigenvalue weighted by Crippen LogP contribution is -2.13. The van der Waals surface area contributed by atoms with Crippen LogP contribution in [0.5, 0.6) is 11.6 Å². The molecule has 6 heteroatoms. The molecule has 17 heavy (non-hydrogen) atoms. The highest BCUT2D eigenvalue weighted by molar-refractivity contribution is 5.91. The predicted molar refractivity (Wildman–Crippen MR) is 61.5 cm³/mol. The molecule has 1 amide bonds. The van der Waals surface area contributed by atoms with Crippen LogP contribution in [0.3, 0.4) is 0 Å². The molecule has 0 unspecified atom stereocenters. The van der Waals surface area contributed by atoms with Gasteiger partial charge in [-0.1, -0.05) is 0 Å². The molecule has 0 radical (unpaired) electrons. The van der Waals surface area contributed by atoms with Crippen LogP contribution in [-0.2, 0) is 0 Å². The van der Waals surface area contributed by atoms with Gasteiger partial charge in [-0.25, -0.2) is 4.98 Å². The first-order valence-electron chi connectivity index (χ1n) is 4.81. The summed E-state index contributed by atoms with van der Waals surface area (Å²) < 4.78 is 5.39. The summed E-state index contributed by atoms with van der Waals surface area (Å²) in [4.78, 5) is 18.8. The zero-order valence-electron chi connectivity index (χ0n) is 8.83. The van der Waals surface area contributed by atoms with Gasteiger partial charge in [0, 0.05) is 6.20 Å². The van der Waals surface area contributed by atoms with Gasteiger partial charge in [-0.3, -0.25) is 9.78 Å². The molecule has 0 spiro atoms. The van der Waals surface area contributed by atoms with E-state index in [2.05, 4.69) is 9.97 Å². The van der Waals surface area contributed by atoms with E-state index in [-0.39, 0.29) is 11.6 Å². The Morgan fingerprint density at radius 3 is 2.76 bits per heavy atom. The second kappa shape index (κ2) is 4.48. The molecule has 2 aromatic heterocycles. The van der Waals surface area contributed by atoms with Gasteiger partial charge in [-0.2, -0.15) is 0 Å². The maximum Gasteiger partial charge on any atom is 0.267 e. The van der Waals surface area contributed by atoms with Crippen molar-refractivity contribution in [3.05, 3.63) is 42.4 Å². The highest BCUT2D eigenvalue weighted by Gasteiger charge is 2.09. The van der Waals surface area contributed by atoms with Crippen LogP contribution in [0.2, 0.25) is 0 Å². The average molecular weight is 230 g/mol. The van der Waals surface area contributed by atoms with E-state index in [9.17, 15) is 4.79 Å². The summed E-state index contributed by atoms with van der Waals surface area (Å²) in [7, 11) is 0. The SMILES string of the molecule is NC(=O)c1ccc(N)c(Oc2cccnc2)n1. The van der Waals surface area contributed by atoms with Crippen molar-refractivity contribution in [1.82, 2.24) is 9.97 Å². The molecule has 0 bridgehead atoms. The minimum atomic E-state index is -0.638. The molecule has 0 atom stereocenters. The summed E-state index contributed by atoms with van der Waals surface area (Å²) >= 11 is 0. The molecule has 86 valence electrons. The largest absolute Gasteiger partial charge is 0.435 e. The fourth-order valence-electron chi connectivity index (χ4n) is 1.19. The number of ether oxygens (including phenoxy) is 1. The van der Waals surface area contributed by atoms with Gasteiger partial charge in [0.05, 0.1) is 11.9 Å². The molecule has 0 saturated carbocycles. The Morgan fingerprint density at radius 2 is 2.12 bits per heavy atom. The molecular formula is C11H10N4O2. The summed E-state index contributed by atoms with van der Waals surface area (Å²) in [5.41, 5.74) is 11.2. The van der Waals surface area contributed by atoms with E-state index in [0.29, 0.717) is 11.4 Å². The third-order valence-electron chi connectivity index (χ3n) is 1.99. The normalized spacial score (nSPS) is 9.88. The van der Waals surface area contributed by atoms with Crippen LogP contribution in [0.1, 0.15) is 10.5 Å². The molecule has 2 rings (SSSR count). The molecule has 0 saturated heterocycles. The smallest absolute Gasteiger partial charge is 0.267 e. The predicted octanol–water partition coefficient (Wildman–Crippen LogP) is 0.950. The van der Waals surface area contributed by atoms with E-state index in [0.717, 1.165) is 0 Å². The van der Waals surface area contributed by atoms with Gasteiger partial charge < -0.3 is 16.2 Å². The number of primary amides is 1. The molecule has 6 nitrogen and oxygen atoms in total. The lowest BCUT2D eigenvalue weighted by molar-refractivity contribution is 0.0995. The van der Waals surface area contributed by atoms with Gasteiger partial charge in [-0.15, -0.1) is 0 Å². The summed E-state index contributed by atoms with van der Waals surface area (Å²) in [5, 5.41) is 0. The fraction of sp³-hybridized carbons (Fsp3) is 0. The van der Waals surface area contributed by atoms with Crippen molar-refractivity contribution in [1.29, 1.82) is 0 Å². The highest BCUT2D eigenvalue weighted by Crippen LogP contribution is 2.24. The molecule has 2 aromatic rings. The van der Waals surface area contributed by atoms with Crippen molar-refractivity contribution in [2.45, 2.75) is 0 Å². The monoisotopic (exact) mass is 230 g/mol. The van der Waals surface area contributed by atoms with E-state index in [1.54, 1.807) is 18.3 Å². The zero-order chi connectivity index (χ0) is 12.3. The molecule has 0 aromatic carbocycles. The Morgan fingerprint density at radius 1 is 1.29 bits per heavy atom. The van der Waals surface area contributed by atoms with Crippen molar-refractivity contribution in [3.63, 3.8) is 0 Å².